The van der Waals surface area contributed by atoms with Crippen LogP contribution in [0.4, 0.5) is 5.69 Å². The SMILES string of the molecule is CC1(C)OC(=O)C(C(c2ccccc2)c2c[n+](Cc3ccc([N+](=O)[O-])cc3)cc3ccccc23)C(=O)O1. The van der Waals surface area contributed by atoms with E-state index in [4.69, 9.17) is 9.47 Å². The zero-order chi connectivity index (χ0) is 26.2. The van der Waals surface area contributed by atoms with Gasteiger partial charge in [0.2, 0.25) is 0 Å². The van der Waals surface area contributed by atoms with Crippen molar-refractivity contribution in [2.45, 2.75) is 32.1 Å². The molecule has 0 radical (unpaired) electrons. The van der Waals surface area contributed by atoms with E-state index in [1.54, 1.807) is 12.1 Å². The monoisotopic (exact) mass is 497 g/mol. The third-order valence-corrected chi connectivity index (χ3v) is 6.42. The first kappa shape index (κ1) is 24.1. The lowest BCUT2D eigenvalue weighted by molar-refractivity contribution is -0.687. The number of nitro benzene ring substituents is 1. The minimum Gasteiger partial charge on any atom is -0.422 e. The van der Waals surface area contributed by atoms with E-state index in [1.807, 2.05) is 71.6 Å². The standard InChI is InChI=1S/C29H25N2O6/c1-29(2)36-27(32)26(28(33)37-29)25(20-8-4-3-5-9-20)24-18-30(17-21-10-6-7-11-23(21)24)16-19-12-14-22(15-13-19)31(34)35/h3-15,17-18,25-26H,16H2,1-2H3/q+1. The maximum Gasteiger partial charge on any atom is 0.324 e. The number of cyclic esters (lactones) is 2. The Morgan fingerprint density at radius 3 is 2.16 bits per heavy atom. The Labute approximate surface area is 213 Å². The summed E-state index contributed by atoms with van der Waals surface area (Å²) in [6.45, 7) is 3.50. The van der Waals surface area contributed by atoms with Gasteiger partial charge in [0.05, 0.1) is 4.92 Å². The van der Waals surface area contributed by atoms with E-state index in [0.717, 1.165) is 27.5 Å². The van der Waals surface area contributed by atoms with E-state index >= 15 is 0 Å². The molecule has 1 atom stereocenters. The summed E-state index contributed by atoms with van der Waals surface area (Å²) in [6, 6.07) is 23.5. The summed E-state index contributed by atoms with van der Waals surface area (Å²) in [7, 11) is 0. The van der Waals surface area contributed by atoms with Crippen molar-refractivity contribution >= 4 is 28.4 Å². The fraction of sp³-hybridized carbons (Fsp3) is 0.207. The molecule has 0 bridgehead atoms. The minimum absolute atomic E-state index is 0.0225. The second kappa shape index (κ2) is 9.46. The molecule has 1 unspecified atom stereocenters. The van der Waals surface area contributed by atoms with Gasteiger partial charge in [-0.2, -0.15) is 4.57 Å². The summed E-state index contributed by atoms with van der Waals surface area (Å²) in [5, 5.41) is 12.8. The van der Waals surface area contributed by atoms with E-state index in [1.165, 1.54) is 26.0 Å². The molecule has 0 spiro atoms. The highest BCUT2D eigenvalue weighted by atomic mass is 16.7. The molecule has 1 aromatic heterocycles. The first-order chi connectivity index (χ1) is 17.7. The number of fused-ring (bicyclic) bond motifs is 1. The summed E-state index contributed by atoms with van der Waals surface area (Å²) in [6.07, 6.45) is 3.89. The third-order valence-electron chi connectivity index (χ3n) is 6.42. The van der Waals surface area contributed by atoms with Gasteiger partial charge in [0, 0.05) is 48.4 Å². The van der Waals surface area contributed by atoms with E-state index in [0.29, 0.717) is 6.54 Å². The summed E-state index contributed by atoms with van der Waals surface area (Å²) < 4.78 is 13.0. The predicted octanol–water partition coefficient (Wildman–Crippen LogP) is 4.67. The lowest BCUT2D eigenvalue weighted by Gasteiger charge is -2.36. The number of carbonyl (C=O) groups is 2. The molecule has 2 heterocycles. The van der Waals surface area contributed by atoms with Crippen molar-refractivity contribution in [2.24, 2.45) is 5.92 Å². The molecule has 0 N–H and O–H groups in total. The molecule has 0 amide bonds. The number of benzene rings is 3. The maximum absolute atomic E-state index is 13.2. The van der Waals surface area contributed by atoms with Crippen LogP contribution in [0.3, 0.4) is 0 Å². The van der Waals surface area contributed by atoms with Crippen LogP contribution in [-0.4, -0.2) is 22.6 Å². The number of esters is 2. The average molecular weight is 498 g/mol. The molecule has 1 aliphatic heterocycles. The molecule has 186 valence electrons. The second-order valence-corrected chi connectivity index (χ2v) is 9.50. The predicted molar refractivity (Wildman–Crippen MR) is 134 cm³/mol. The third kappa shape index (κ3) is 4.91. The summed E-state index contributed by atoms with van der Waals surface area (Å²) >= 11 is 0. The van der Waals surface area contributed by atoms with Crippen LogP contribution in [0.5, 0.6) is 0 Å². The molecule has 0 aliphatic carbocycles. The number of pyridine rings is 1. The fourth-order valence-electron chi connectivity index (χ4n) is 4.82. The number of nitro groups is 1. The van der Waals surface area contributed by atoms with Crippen LogP contribution >= 0.6 is 0 Å². The highest BCUT2D eigenvalue weighted by Gasteiger charge is 2.49. The number of hydrogen-bond donors (Lipinski definition) is 0. The molecule has 1 saturated heterocycles. The van der Waals surface area contributed by atoms with Gasteiger partial charge in [-0.15, -0.1) is 0 Å². The normalized spacial score (nSPS) is 16.2. The Balaban J connectivity index is 1.65. The van der Waals surface area contributed by atoms with Crippen LogP contribution in [0.15, 0.2) is 91.3 Å². The van der Waals surface area contributed by atoms with E-state index < -0.39 is 34.5 Å². The summed E-state index contributed by atoms with van der Waals surface area (Å²) in [4.78, 5) is 37.1. The summed E-state index contributed by atoms with van der Waals surface area (Å²) in [5.74, 6) is -4.45. The Morgan fingerprint density at radius 1 is 0.892 bits per heavy atom. The number of ether oxygens (including phenoxy) is 2. The molecule has 5 rings (SSSR count). The van der Waals surface area contributed by atoms with Gasteiger partial charge in [0.15, 0.2) is 24.9 Å². The van der Waals surface area contributed by atoms with Crippen LogP contribution in [-0.2, 0) is 25.6 Å². The molecule has 8 nitrogen and oxygen atoms in total. The molecule has 1 fully saturated rings. The van der Waals surface area contributed by atoms with Crippen molar-refractivity contribution in [1.82, 2.24) is 0 Å². The van der Waals surface area contributed by atoms with Gasteiger partial charge in [-0.3, -0.25) is 19.7 Å². The van der Waals surface area contributed by atoms with Crippen LogP contribution in [0.25, 0.3) is 10.8 Å². The zero-order valence-corrected chi connectivity index (χ0v) is 20.4. The van der Waals surface area contributed by atoms with Gasteiger partial charge in [-0.05, 0) is 29.1 Å². The van der Waals surface area contributed by atoms with Crippen LogP contribution in [0.1, 0.15) is 36.5 Å². The Kier molecular flexibility index (Phi) is 6.17. The van der Waals surface area contributed by atoms with Crippen molar-refractivity contribution in [3.8, 4) is 0 Å². The number of aromatic nitrogens is 1. The first-order valence-corrected chi connectivity index (χ1v) is 11.9. The molecule has 37 heavy (non-hydrogen) atoms. The van der Waals surface area contributed by atoms with Gasteiger partial charge < -0.3 is 9.47 Å². The lowest BCUT2D eigenvalue weighted by Crippen LogP contribution is -2.48. The quantitative estimate of drug-likeness (QED) is 0.126. The average Bonchev–Trinajstić information content (AvgIpc) is 2.86. The Hall–Kier alpha value is -4.59. The Bertz CT molecular complexity index is 1480. The van der Waals surface area contributed by atoms with Gasteiger partial charge in [0.25, 0.3) is 11.5 Å². The molecule has 3 aromatic carbocycles. The first-order valence-electron chi connectivity index (χ1n) is 11.9. The van der Waals surface area contributed by atoms with Crippen molar-refractivity contribution in [3.05, 3.63) is 118 Å². The molecule has 8 heteroatoms. The van der Waals surface area contributed by atoms with Crippen molar-refractivity contribution in [2.75, 3.05) is 0 Å². The number of non-ortho nitro benzene ring substituents is 1. The number of carbonyl (C=O) groups excluding carboxylic acids is 2. The van der Waals surface area contributed by atoms with E-state index in [2.05, 4.69) is 0 Å². The maximum atomic E-state index is 13.2. The van der Waals surface area contributed by atoms with Crippen LogP contribution in [0.2, 0.25) is 0 Å². The second-order valence-electron chi connectivity index (χ2n) is 9.50. The number of nitrogens with zero attached hydrogens (tertiary/aromatic N) is 2. The number of rotatable bonds is 6. The van der Waals surface area contributed by atoms with Crippen LogP contribution in [0, 0.1) is 16.0 Å². The van der Waals surface area contributed by atoms with Crippen molar-refractivity contribution in [1.29, 1.82) is 0 Å². The smallest absolute Gasteiger partial charge is 0.324 e. The van der Waals surface area contributed by atoms with Crippen molar-refractivity contribution < 1.29 is 28.6 Å². The lowest BCUT2D eigenvalue weighted by atomic mass is 9.79. The van der Waals surface area contributed by atoms with Gasteiger partial charge >= 0.3 is 11.9 Å². The minimum atomic E-state index is -1.33. The molecule has 0 saturated carbocycles. The van der Waals surface area contributed by atoms with Gasteiger partial charge in [0.1, 0.15) is 0 Å². The largest absolute Gasteiger partial charge is 0.422 e. The zero-order valence-electron chi connectivity index (χ0n) is 20.4. The topological polar surface area (TPSA) is 99.6 Å². The molecular weight excluding hydrogens is 472 g/mol. The molecular formula is C29H25N2O6+. The summed E-state index contributed by atoms with van der Waals surface area (Å²) in [5.41, 5.74) is 2.44. The van der Waals surface area contributed by atoms with E-state index in [-0.39, 0.29) is 5.69 Å². The van der Waals surface area contributed by atoms with Gasteiger partial charge in [-0.1, -0.05) is 48.5 Å². The molecule has 4 aromatic rings. The fourth-order valence-corrected chi connectivity index (χ4v) is 4.82. The highest BCUT2D eigenvalue weighted by Crippen LogP contribution is 2.40. The van der Waals surface area contributed by atoms with Crippen molar-refractivity contribution in [3.63, 3.8) is 0 Å². The Morgan fingerprint density at radius 2 is 1.51 bits per heavy atom. The van der Waals surface area contributed by atoms with Crippen LogP contribution < -0.4 is 4.57 Å². The molecule has 1 aliphatic rings. The number of hydrogen-bond acceptors (Lipinski definition) is 6. The van der Waals surface area contributed by atoms with Gasteiger partial charge in [-0.25, -0.2) is 0 Å². The highest BCUT2D eigenvalue weighted by molar-refractivity contribution is 5.99. The van der Waals surface area contributed by atoms with E-state index in [9.17, 15) is 19.7 Å².